The molecule has 4 atom stereocenters. The lowest BCUT2D eigenvalue weighted by Crippen LogP contribution is -2.32. The van der Waals surface area contributed by atoms with Gasteiger partial charge in [-0.1, -0.05) is 61.4 Å². The molecule has 1 N–H and O–H groups in total. The zero-order valence-electron chi connectivity index (χ0n) is 18.7. The number of hydrogen-bond acceptors (Lipinski definition) is 5. The maximum absolute atomic E-state index is 11.9. The fourth-order valence-electron chi connectivity index (χ4n) is 5.37. The summed E-state index contributed by atoms with van der Waals surface area (Å²) in [5.74, 6) is 0.203. The summed E-state index contributed by atoms with van der Waals surface area (Å²) in [6, 6.07) is 0. The summed E-state index contributed by atoms with van der Waals surface area (Å²) < 4.78 is 46.8. The molecule has 0 heterocycles. The molecule has 31 heavy (non-hydrogen) atoms. The van der Waals surface area contributed by atoms with Crippen LogP contribution < -0.4 is 0 Å². The Kier molecular flexibility index (Phi) is 6.90. The van der Waals surface area contributed by atoms with Crippen molar-refractivity contribution in [3.05, 3.63) is 58.6 Å². The first kappa shape index (κ1) is 24.2. The Hall–Kier alpha value is -1.44. The molecule has 5 nitrogen and oxygen atoms in total. The van der Waals surface area contributed by atoms with Gasteiger partial charge in [-0.25, -0.2) is 16.8 Å². The lowest BCUT2D eigenvalue weighted by atomic mass is 9.62. The molecule has 0 saturated heterocycles. The van der Waals surface area contributed by atoms with Gasteiger partial charge in [-0.05, 0) is 67.8 Å². The SMILES string of the molecule is C=C1CCC(O)C/C1=C/C=C1\CCC[C@]2(C)C(C(C)/C=C/S(=O)(=O)S(C)(=O)=O)=CC[C@@H]12. The lowest BCUT2D eigenvalue weighted by molar-refractivity contribution is 0.158. The molecule has 172 valence electrons. The van der Waals surface area contributed by atoms with Gasteiger partial charge in [-0.2, -0.15) is 0 Å². The van der Waals surface area contributed by atoms with Crippen LogP contribution in [0.3, 0.4) is 0 Å². The molecule has 0 aromatic rings. The van der Waals surface area contributed by atoms with E-state index in [1.807, 2.05) is 6.92 Å². The van der Waals surface area contributed by atoms with Crippen molar-refractivity contribution in [2.24, 2.45) is 17.3 Å². The fraction of sp³-hybridized carbons (Fsp3) is 0.583. The molecule has 7 heteroatoms. The summed E-state index contributed by atoms with van der Waals surface area (Å²) in [6.45, 7) is 8.33. The van der Waals surface area contributed by atoms with Crippen LogP contribution in [0.15, 0.2) is 58.6 Å². The Morgan fingerprint density at radius 3 is 2.61 bits per heavy atom. The topological polar surface area (TPSA) is 88.5 Å². The molecule has 2 fully saturated rings. The first-order valence-electron chi connectivity index (χ1n) is 10.9. The van der Waals surface area contributed by atoms with E-state index in [1.54, 1.807) is 0 Å². The highest BCUT2D eigenvalue weighted by Crippen LogP contribution is 2.56. The first-order valence-corrected chi connectivity index (χ1v) is 14.9. The third kappa shape index (κ3) is 4.99. The highest BCUT2D eigenvalue weighted by atomic mass is 33.2. The van der Waals surface area contributed by atoms with Gasteiger partial charge in [0.15, 0.2) is 0 Å². The molecule has 3 aliphatic carbocycles. The number of aliphatic hydroxyl groups excluding tert-OH is 1. The Morgan fingerprint density at radius 1 is 1.23 bits per heavy atom. The van der Waals surface area contributed by atoms with Crippen LogP contribution in [0.2, 0.25) is 0 Å². The average Bonchev–Trinajstić information content (AvgIpc) is 3.03. The molecular formula is C24H34O5S2. The van der Waals surface area contributed by atoms with Gasteiger partial charge < -0.3 is 5.11 Å². The van der Waals surface area contributed by atoms with Crippen molar-refractivity contribution in [3.8, 4) is 0 Å². The van der Waals surface area contributed by atoms with Gasteiger partial charge in [0.2, 0.25) is 0 Å². The van der Waals surface area contributed by atoms with Gasteiger partial charge in [0, 0.05) is 5.41 Å². The largest absolute Gasteiger partial charge is 0.393 e. The summed E-state index contributed by atoms with van der Waals surface area (Å²) >= 11 is 0. The van der Waals surface area contributed by atoms with Crippen LogP contribution in [0.4, 0.5) is 0 Å². The maximum Gasteiger partial charge on any atom is 0.274 e. The van der Waals surface area contributed by atoms with E-state index in [1.165, 1.54) is 17.2 Å². The van der Waals surface area contributed by atoms with E-state index in [4.69, 9.17) is 0 Å². The zero-order chi connectivity index (χ0) is 23.0. The molecule has 3 aliphatic rings. The molecule has 0 amide bonds. The average molecular weight is 467 g/mol. The van der Waals surface area contributed by atoms with Crippen molar-refractivity contribution in [1.29, 1.82) is 0 Å². The number of fused-ring (bicyclic) bond motifs is 1. The van der Waals surface area contributed by atoms with Crippen LogP contribution in [0, 0.1) is 17.3 Å². The summed E-state index contributed by atoms with van der Waals surface area (Å²) in [5.41, 5.74) is 4.75. The van der Waals surface area contributed by atoms with Crippen LogP contribution >= 0.6 is 0 Å². The molecule has 0 aromatic carbocycles. The first-order chi connectivity index (χ1) is 14.3. The molecule has 2 saturated carbocycles. The smallest absolute Gasteiger partial charge is 0.274 e. The molecule has 2 unspecified atom stereocenters. The predicted octanol–water partition coefficient (Wildman–Crippen LogP) is 4.60. The molecule has 3 rings (SSSR count). The van der Waals surface area contributed by atoms with Gasteiger partial charge in [0.05, 0.1) is 12.4 Å². The second-order valence-electron chi connectivity index (χ2n) is 9.47. The van der Waals surface area contributed by atoms with E-state index in [2.05, 4.69) is 31.7 Å². The lowest BCUT2D eigenvalue weighted by Gasteiger charge is -2.42. The summed E-state index contributed by atoms with van der Waals surface area (Å²) in [7, 11) is -8.47. The Morgan fingerprint density at radius 2 is 1.94 bits per heavy atom. The van der Waals surface area contributed by atoms with Crippen molar-refractivity contribution in [2.45, 2.75) is 64.9 Å². The predicted molar refractivity (Wildman–Crippen MR) is 125 cm³/mol. The monoisotopic (exact) mass is 466 g/mol. The fourth-order valence-corrected chi connectivity index (χ4v) is 6.80. The van der Waals surface area contributed by atoms with E-state index in [0.29, 0.717) is 12.3 Å². The highest BCUT2D eigenvalue weighted by Gasteiger charge is 2.45. The third-order valence-electron chi connectivity index (χ3n) is 7.25. The van der Waals surface area contributed by atoms with Crippen LogP contribution in [0.5, 0.6) is 0 Å². The van der Waals surface area contributed by atoms with Gasteiger partial charge >= 0.3 is 0 Å². The Balaban J connectivity index is 1.81. The summed E-state index contributed by atoms with van der Waals surface area (Å²) in [5, 5.41) is 10.8. The molecule has 0 bridgehead atoms. The molecule has 0 aliphatic heterocycles. The minimum atomic E-state index is -4.30. The highest BCUT2D eigenvalue weighted by molar-refractivity contribution is 8.68. The molecule has 0 aromatic heterocycles. The number of hydrogen-bond donors (Lipinski definition) is 1. The Bertz CT molecular complexity index is 1070. The second-order valence-corrected chi connectivity index (χ2v) is 15.3. The second kappa shape index (κ2) is 8.83. The normalized spacial score (nSPS) is 33.7. The van der Waals surface area contributed by atoms with Crippen LogP contribution in [0.1, 0.15) is 58.8 Å². The van der Waals surface area contributed by atoms with Crippen molar-refractivity contribution < 1.29 is 21.9 Å². The van der Waals surface area contributed by atoms with Crippen LogP contribution in [-0.4, -0.2) is 34.3 Å². The van der Waals surface area contributed by atoms with E-state index < -0.39 is 17.7 Å². The number of rotatable bonds is 5. The standard InChI is InChI=1S/C24H34O5S2/c1-17-7-10-21(25)16-20(17)9-8-19-6-5-14-24(3)22(11-12-23(19)24)18(2)13-15-31(28,29)30(4,26)27/h8-9,11,13,15,18,21,23,25H,1,5-7,10,12,14,16H2,2-4H3/b15-13+,19-8+,20-9-/t18?,21?,23-,24+/m0/s1. The minimum absolute atomic E-state index is 0.0652. The van der Waals surface area contributed by atoms with Gasteiger partial charge in [-0.15, -0.1) is 0 Å². The third-order valence-corrected chi connectivity index (χ3v) is 11.4. The molecule has 0 spiro atoms. The van der Waals surface area contributed by atoms with E-state index >= 15 is 0 Å². The zero-order valence-corrected chi connectivity index (χ0v) is 20.3. The van der Waals surface area contributed by atoms with Crippen molar-refractivity contribution >= 4 is 17.7 Å². The molecular weight excluding hydrogens is 432 g/mol. The number of aliphatic hydroxyl groups is 1. The van der Waals surface area contributed by atoms with E-state index in [9.17, 15) is 21.9 Å². The van der Waals surface area contributed by atoms with Crippen LogP contribution in [0.25, 0.3) is 0 Å². The number of allylic oxidation sites excluding steroid dienone is 7. The van der Waals surface area contributed by atoms with Gasteiger partial charge in [0.25, 0.3) is 17.7 Å². The maximum atomic E-state index is 11.9. The quantitative estimate of drug-likeness (QED) is 0.472. The van der Waals surface area contributed by atoms with E-state index in [0.717, 1.165) is 61.3 Å². The van der Waals surface area contributed by atoms with Crippen molar-refractivity contribution in [1.82, 2.24) is 0 Å². The van der Waals surface area contributed by atoms with Gasteiger partial charge in [0.1, 0.15) is 0 Å². The van der Waals surface area contributed by atoms with Crippen molar-refractivity contribution in [3.63, 3.8) is 0 Å². The van der Waals surface area contributed by atoms with Crippen LogP contribution in [-0.2, 0) is 17.7 Å². The Labute approximate surface area is 186 Å². The minimum Gasteiger partial charge on any atom is -0.393 e. The van der Waals surface area contributed by atoms with Crippen molar-refractivity contribution in [2.75, 3.05) is 6.26 Å². The van der Waals surface area contributed by atoms with Gasteiger partial charge in [-0.3, -0.25) is 0 Å². The summed E-state index contributed by atoms with van der Waals surface area (Å²) in [6.07, 6.45) is 14.8. The van der Waals surface area contributed by atoms with E-state index in [-0.39, 0.29) is 17.4 Å². The molecule has 0 radical (unpaired) electrons. The summed E-state index contributed by atoms with van der Waals surface area (Å²) in [4.78, 5) is 0.